The fourth-order valence-electron chi connectivity index (χ4n) is 4.46. The van der Waals surface area contributed by atoms with Crippen LogP contribution in [0.1, 0.15) is 65.9 Å². The van der Waals surface area contributed by atoms with Crippen molar-refractivity contribution >= 4 is 38.8 Å². The number of nitrogen functional groups attached to an aromatic ring is 1. The number of Topliss-reactive ketones (excluding diaryl/α,β-unsaturated/α-hetero) is 1. The summed E-state index contributed by atoms with van der Waals surface area (Å²) < 4.78 is 2.74. The van der Waals surface area contributed by atoms with Crippen LogP contribution in [0.5, 0.6) is 0 Å². The SMILES string of the molecule is CC(=O)c1c(C2CCCCC2)nc2c(-c3cnc4cc(C)sc4c3)cnn2c1N. The zero-order chi connectivity index (χ0) is 20.1. The molecule has 1 aliphatic carbocycles. The molecular weight excluding hydrogens is 382 g/mol. The summed E-state index contributed by atoms with van der Waals surface area (Å²) in [6.45, 7) is 3.65. The maximum absolute atomic E-state index is 12.4. The molecule has 0 bridgehead atoms. The van der Waals surface area contributed by atoms with Gasteiger partial charge in [0.15, 0.2) is 11.4 Å². The van der Waals surface area contributed by atoms with E-state index in [1.165, 1.54) is 24.1 Å². The number of nitrogens with zero attached hydrogens (tertiary/aromatic N) is 4. The Hall–Kier alpha value is -2.80. The molecule has 0 atom stereocenters. The highest BCUT2D eigenvalue weighted by Gasteiger charge is 2.26. The third-order valence-electron chi connectivity index (χ3n) is 5.86. The van der Waals surface area contributed by atoms with Gasteiger partial charge in [0.05, 0.1) is 27.7 Å². The van der Waals surface area contributed by atoms with Crippen LogP contribution < -0.4 is 5.73 Å². The lowest BCUT2D eigenvalue weighted by Crippen LogP contribution is -2.17. The van der Waals surface area contributed by atoms with Crippen LogP contribution in [0.15, 0.2) is 24.5 Å². The molecule has 6 nitrogen and oxygen atoms in total. The predicted octanol–water partition coefficient (Wildman–Crippen LogP) is 5.15. The van der Waals surface area contributed by atoms with Crippen LogP contribution in [0.25, 0.3) is 27.0 Å². The van der Waals surface area contributed by atoms with Crippen molar-refractivity contribution < 1.29 is 4.79 Å². The Kier molecular flexibility index (Phi) is 4.35. The van der Waals surface area contributed by atoms with Crippen LogP contribution in [-0.4, -0.2) is 25.4 Å². The van der Waals surface area contributed by atoms with Gasteiger partial charge in [0, 0.05) is 28.1 Å². The summed E-state index contributed by atoms with van der Waals surface area (Å²) in [4.78, 5) is 23.2. The predicted molar refractivity (Wildman–Crippen MR) is 117 cm³/mol. The van der Waals surface area contributed by atoms with Gasteiger partial charge in [-0.15, -0.1) is 11.3 Å². The van der Waals surface area contributed by atoms with Gasteiger partial charge in [-0.1, -0.05) is 19.3 Å². The number of nitrogens with two attached hydrogens (primary N) is 1. The Labute approximate surface area is 172 Å². The van der Waals surface area contributed by atoms with E-state index in [1.54, 1.807) is 29.0 Å². The maximum atomic E-state index is 12.4. The third kappa shape index (κ3) is 3.00. The molecule has 0 saturated heterocycles. The topological polar surface area (TPSA) is 86.2 Å². The van der Waals surface area contributed by atoms with E-state index in [4.69, 9.17) is 10.7 Å². The molecule has 0 radical (unpaired) electrons. The fourth-order valence-corrected chi connectivity index (χ4v) is 5.38. The molecule has 4 aromatic heterocycles. The number of hydrogen-bond donors (Lipinski definition) is 1. The van der Waals surface area contributed by atoms with Crippen molar-refractivity contribution in [3.05, 3.63) is 40.7 Å². The summed E-state index contributed by atoms with van der Waals surface area (Å²) in [6, 6.07) is 4.23. The lowest BCUT2D eigenvalue weighted by atomic mass is 9.84. The van der Waals surface area contributed by atoms with Gasteiger partial charge in [-0.05, 0) is 38.8 Å². The first kappa shape index (κ1) is 18.2. The first-order valence-electron chi connectivity index (χ1n) is 10.1. The molecule has 4 heterocycles. The van der Waals surface area contributed by atoms with Gasteiger partial charge in [0.25, 0.3) is 0 Å². The number of fused-ring (bicyclic) bond motifs is 2. The van der Waals surface area contributed by atoms with E-state index < -0.39 is 0 Å². The van der Waals surface area contributed by atoms with Crippen LogP contribution in [0, 0.1) is 6.92 Å². The second kappa shape index (κ2) is 6.91. The number of pyridine rings is 1. The quantitative estimate of drug-likeness (QED) is 0.477. The van der Waals surface area contributed by atoms with Crippen molar-refractivity contribution in [3.8, 4) is 11.1 Å². The number of thiophene rings is 1. The Morgan fingerprint density at radius 3 is 2.76 bits per heavy atom. The largest absolute Gasteiger partial charge is 0.383 e. The summed E-state index contributed by atoms with van der Waals surface area (Å²) in [6.07, 6.45) is 9.31. The minimum atomic E-state index is -0.0494. The number of aryl methyl sites for hydroxylation is 1. The summed E-state index contributed by atoms with van der Waals surface area (Å²) in [5.41, 5.74) is 11.4. The van der Waals surface area contributed by atoms with Crippen molar-refractivity contribution in [2.45, 2.75) is 51.9 Å². The van der Waals surface area contributed by atoms with Gasteiger partial charge >= 0.3 is 0 Å². The number of carbonyl (C=O) groups excluding carboxylic acids is 1. The average Bonchev–Trinajstić information content (AvgIpc) is 3.30. The smallest absolute Gasteiger partial charge is 0.165 e. The number of carbonyl (C=O) groups is 1. The summed E-state index contributed by atoms with van der Waals surface area (Å²) in [5, 5.41) is 4.46. The van der Waals surface area contributed by atoms with Gasteiger partial charge in [-0.25, -0.2) is 4.98 Å². The molecule has 29 heavy (non-hydrogen) atoms. The van der Waals surface area contributed by atoms with E-state index in [0.717, 1.165) is 39.9 Å². The van der Waals surface area contributed by atoms with Crippen LogP contribution in [0.2, 0.25) is 0 Å². The normalized spacial score (nSPS) is 15.4. The first-order chi connectivity index (χ1) is 14.0. The van der Waals surface area contributed by atoms with Crippen LogP contribution >= 0.6 is 11.3 Å². The van der Waals surface area contributed by atoms with E-state index >= 15 is 0 Å². The summed E-state index contributed by atoms with van der Waals surface area (Å²) in [7, 11) is 0. The number of aromatic nitrogens is 4. The number of hydrogen-bond acceptors (Lipinski definition) is 6. The van der Waals surface area contributed by atoms with Gasteiger partial charge in [-0.3, -0.25) is 9.78 Å². The first-order valence-corrected chi connectivity index (χ1v) is 10.9. The zero-order valence-corrected chi connectivity index (χ0v) is 17.4. The highest BCUT2D eigenvalue weighted by Crippen LogP contribution is 2.37. The van der Waals surface area contributed by atoms with E-state index in [1.807, 2.05) is 6.20 Å². The highest BCUT2D eigenvalue weighted by atomic mass is 32.1. The third-order valence-corrected chi connectivity index (χ3v) is 6.85. The minimum absolute atomic E-state index is 0.0494. The molecule has 1 aliphatic rings. The van der Waals surface area contributed by atoms with Crippen LogP contribution in [0.3, 0.4) is 0 Å². The van der Waals surface area contributed by atoms with Crippen LogP contribution in [-0.2, 0) is 0 Å². The molecule has 7 heteroatoms. The molecule has 4 aromatic rings. The Bertz CT molecular complexity index is 1250. The van der Waals surface area contributed by atoms with E-state index in [0.29, 0.717) is 17.0 Å². The molecule has 1 saturated carbocycles. The van der Waals surface area contributed by atoms with E-state index in [2.05, 4.69) is 29.1 Å². The monoisotopic (exact) mass is 405 g/mol. The lowest BCUT2D eigenvalue weighted by molar-refractivity contribution is 0.101. The Morgan fingerprint density at radius 1 is 1.21 bits per heavy atom. The number of ketones is 1. The Morgan fingerprint density at radius 2 is 2.00 bits per heavy atom. The number of anilines is 1. The van der Waals surface area contributed by atoms with Crippen molar-refractivity contribution in [2.75, 3.05) is 5.73 Å². The Balaban J connectivity index is 1.72. The molecule has 2 N–H and O–H groups in total. The van der Waals surface area contributed by atoms with Gasteiger partial charge < -0.3 is 5.73 Å². The van der Waals surface area contributed by atoms with Crippen molar-refractivity contribution in [1.82, 2.24) is 19.6 Å². The fraction of sp³-hybridized carbons (Fsp3) is 0.364. The van der Waals surface area contributed by atoms with Crippen LogP contribution in [0.4, 0.5) is 5.82 Å². The molecule has 0 aliphatic heterocycles. The van der Waals surface area contributed by atoms with E-state index in [9.17, 15) is 4.79 Å². The molecule has 0 spiro atoms. The summed E-state index contributed by atoms with van der Waals surface area (Å²) in [5.74, 6) is 0.611. The zero-order valence-electron chi connectivity index (χ0n) is 16.6. The molecule has 148 valence electrons. The highest BCUT2D eigenvalue weighted by molar-refractivity contribution is 7.18. The molecule has 5 rings (SSSR count). The van der Waals surface area contributed by atoms with Crippen molar-refractivity contribution in [2.24, 2.45) is 0 Å². The molecule has 0 aromatic carbocycles. The molecular formula is C22H23N5OS. The molecule has 1 fully saturated rings. The standard InChI is InChI=1S/C22H23N5OS/c1-12-8-17-18(29-12)9-15(10-24-17)16-11-25-27-21(23)19(13(2)28)20(26-22(16)27)14-6-4-3-5-7-14/h8-11,14H,3-7,23H2,1-2H3. The second-order valence-corrected chi connectivity index (χ2v) is 9.19. The van der Waals surface area contributed by atoms with Gasteiger partial charge in [-0.2, -0.15) is 9.61 Å². The average molecular weight is 406 g/mol. The molecule has 0 amide bonds. The summed E-state index contributed by atoms with van der Waals surface area (Å²) >= 11 is 1.72. The lowest BCUT2D eigenvalue weighted by Gasteiger charge is -2.23. The number of rotatable bonds is 3. The van der Waals surface area contributed by atoms with E-state index in [-0.39, 0.29) is 11.7 Å². The van der Waals surface area contributed by atoms with Gasteiger partial charge in [0.2, 0.25) is 0 Å². The second-order valence-electron chi connectivity index (χ2n) is 7.91. The minimum Gasteiger partial charge on any atom is -0.383 e. The maximum Gasteiger partial charge on any atom is 0.165 e. The molecule has 0 unspecified atom stereocenters. The van der Waals surface area contributed by atoms with Crippen molar-refractivity contribution in [1.29, 1.82) is 0 Å². The van der Waals surface area contributed by atoms with Crippen molar-refractivity contribution in [3.63, 3.8) is 0 Å². The van der Waals surface area contributed by atoms with Gasteiger partial charge in [0.1, 0.15) is 5.82 Å².